The summed E-state index contributed by atoms with van der Waals surface area (Å²) in [5, 5.41) is 15.4. The number of rotatable bonds is 7. The third kappa shape index (κ3) is 5.81. The summed E-state index contributed by atoms with van der Waals surface area (Å²) in [5.74, 6) is -1.000. The van der Waals surface area contributed by atoms with E-state index in [1.54, 1.807) is 0 Å². The van der Waals surface area contributed by atoms with Gasteiger partial charge in [-0.2, -0.15) is 0 Å². The molecule has 1 fully saturated rings. The zero-order valence-electron chi connectivity index (χ0n) is 23.1. The average Bonchev–Trinajstić information content (AvgIpc) is 3.72. The molecule has 0 bridgehead atoms. The summed E-state index contributed by atoms with van der Waals surface area (Å²) < 4.78 is 5.70. The Labute approximate surface area is 264 Å². The minimum absolute atomic E-state index is 0. The van der Waals surface area contributed by atoms with Gasteiger partial charge >= 0.3 is 35.7 Å². The number of carboxylic acid groups (broad SMARTS) is 1. The zero-order chi connectivity index (χ0) is 27.9. The maximum atomic E-state index is 13.0. The van der Waals surface area contributed by atoms with E-state index in [1.807, 2.05) is 105 Å². The number of hydrogen-bond acceptors (Lipinski definition) is 6. The molecule has 41 heavy (non-hydrogen) atoms. The molecule has 1 atom stereocenters. The molecule has 200 valence electrons. The minimum Gasteiger partial charge on any atom is -0.549 e. The topological polar surface area (TPSA) is 91.3 Å². The van der Waals surface area contributed by atoms with Gasteiger partial charge in [0.2, 0.25) is 0 Å². The zero-order valence-corrected chi connectivity index (χ0v) is 26.0. The van der Waals surface area contributed by atoms with E-state index in [1.165, 1.54) is 11.3 Å². The fourth-order valence-electron chi connectivity index (χ4n) is 5.01. The number of ether oxygens (including phenoxy) is 1. The van der Waals surface area contributed by atoms with Crippen LogP contribution in [0.2, 0.25) is 0 Å². The Balaban J connectivity index is 0.00000337. The Bertz CT molecular complexity index is 1710. The number of carbonyl (C=O) groups is 2. The fraction of sp³-hybridized carbons (Fsp3) is 0.182. The summed E-state index contributed by atoms with van der Waals surface area (Å²) in [6, 6.07) is 29.3. The van der Waals surface area contributed by atoms with Crippen molar-refractivity contribution in [1.82, 2.24) is 4.98 Å². The quantitative estimate of drug-likeness (QED) is 0.299. The molecule has 1 N–H and O–H groups in total. The number of hydrogen-bond donors (Lipinski definition) is 1. The molecule has 1 aliphatic carbocycles. The van der Waals surface area contributed by atoms with Crippen LogP contribution < -0.4 is 40.0 Å². The van der Waals surface area contributed by atoms with E-state index in [0.717, 1.165) is 48.6 Å². The largest absolute Gasteiger partial charge is 1.00 e. The van der Waals surface area contributed by atoms with Gasteiger partial charge in [-0.1, -0.05) is 78.9 Å². The number of aromatic nitrogens is 1. The van der Waals surface area contributed by atoms with Crippen LogP contribution in [-0.2, 0) is 14.9 Å². The molecular weight excluding hydrogens is 543 g/mol. The molecule has 0 saturated heterocycles. The number of carbonyl (C=O) groups excluding carboxylic acids is 2. The molecule has 0 spiro atoms. The van der Waals surface area contributed by atoms with E-state index < -0.39 is 23.6 Å². The molecule has 3 aromatic carbocycles. The Hall–Kier alpha value is -3.49. The molecule has 2 heterocycles. The molecule has 6 nitrogen and oxygen atoms in total. The molecule has 2 aromatic heterocycles. The molecule has 5 aromatic rings. The van der Waals surface area contributed by atoms with Gasteiger partial charge in [0.25, 0.3) is 0 Å². The molecule has 8 heteroatoms. The Morgan fingerprint density at radius 1 is 0.902 bits per heavy atom. The first kappa shape index (κ1) is 29.0. The Kier molecular flexibility index (Phi) is 8.34. The van der Waals surface area contributed by atoms with Crippen molar-refractivity contribution in [3.05, 3.63) is 108 Å². The van der Waals surface area contributed by atoms with Crippen LogP contribution >= 0.6 is 11.3 Å². The fourth-order valence-corrected chi connectivity index (χ4v) is 6.19. The molecule has 1 amide bonds. The SMILES string of the molecule is Cc1ccc2c(NC(=O)O[C@H](C)c3ccccc3)c(-c3ccc(-c4ccc(C5(C(=O)[O-])CC5)cc4)cc3)sc2n1.[Na+]. The second-order valence-electron chi connectivity index (χ2n) is 10.2. The number of thiophene rings is 1. The summed E-state index contributed by atoms with van der Waals surface area (Å²) >= 11 is 1.52. The minimum atomic E-state index is -1.000. The first-order valence-corrected chi connectivity index (χ1v) is 14.0. The molecule has 0 unspecified atom stereocenters. The molecule has 1 saturated carbocycles. The van der Waals surface area contributed by atoms with Gasteiger partial charge in [-0.15, -0.1) is 11.3 Å². The van der Waals surface area contributed by atoms with Crippen molar-refractivity contribution < 1.29 is 49.0 Å². The number of fused-ring (bicyclic) bond motifs is 1. The summed E-state index contributed by atoms with van der Waals surface area (Å²) in [5.41, 5.74) is 5.42. The number of benzene rings is 3. The number of amides is 1. The second kappa shape index (κ2) is 11.8. The van der Waals surface area contributed by atoms with Gasteiger partial charge in [0.1, 0.15) is 10.9 Å². The first-order chi connectivity index (χ1) is 19.3. The van der Waals surface area contributed by atoms with Crippen LogP contribution in [-0.4, -0.2) is 17.0 Å². The van der Waals surface area contributed by atoms with E-state index in [2.05, 4.69) is 10.3 Å². The predicted molar refractivity (Wildman–Crippen MR) is 156 cm³/mol. The van der Waals surface area contributed by atoms with Crippen molar-refractivity contribution in [2.24, 2.45) is 0 Å². The molecule has 1 aliphatic rings. The third-order valence-corrected chi connectivity index (χ3v) is 8.68. The normalized spacial score (nSPS) is 14.1. The number of pyridine rings is 1. The van der Waals surface area contributed by atoms with Crippen LogP contribution in [0.25, 0.3) is 31.8 Å². The van der Waals surface area contributed by atoms with E-state index in [9.17, 15) is 14.7 Å². The third-order valence-electron chi connectivity index (χ3n) is 7.53. The summed E-state index contributed by atoms with van der Waals surface area (Å²) in [6.45, 7) is 3.79. The predicted octanol–water partition coefficient (Wildman–Crippen LogP) is 4.03. The average molecular weight is 571 g/mol. The van der Waals surface area contributed by atoms with Crippen molar-refractivity contribution in [2.75, 3.05) is 5.32 Å². The van der Waals surface area contributed by atoms with Crippen LogP contribution in [0, 0.1) is 6.92 Å². The second-order valence-corrected chi connectivity index (χ2v) is 11.2. The summed E-state index contributed by atoms with van der Waals surface area (Å²) in [4.78, 5) is 31.0. The van der Waals surface area contributed by atoms with Crippen LogP contribution in [0.5, 0.6) is 0 Å². The standard InChI is InChI=1S/C33H28N2O4S.Na/c1-20-8-17-27-28(35-32(38)39-21(2)22-6-4-3-5-7-22)29(40-30(27)34-20)25-11-9-23(10-12-25)24-13-15-26(16-14-24)33(18-19-33)31(36)37;/h3-17,21H,18-19H2,1-2H3,(H,35,38)(H,36,37);/q;+1/p-1/t21-;/m1./s1. The Morgan fingerprint density at radius 2 is 1.51 bits per heavy atom. The van der Waals surface area contributed by atoms with Crippen molar-refractivity contribution in [3.8, 4) is 21.6 Å². The number of aliphatic carboxylic acids is 1. The first-order valence-electron chi connectivity index (χ1n) is 13.2. The molecule has 0 aliphatic heterocycles. The van der Waals surface area contributed by atoms with Crippen molar-refractivity contribution >= 4 is 39.3 Å². The van der Waals surface area contributed by atoms with Gasteiger partial charge in [-0.25, -0.2) is 9.78 Å². The maximum Gasteiger partial charge on any atom is 1.00 e. The Morgan fingerprint density at radius 3 is 2.12 bits per heavy atom. The van der Waals surface area contributed by atoms with Crippen LogP contribution in [0.1, 0.15) is 42.7 Å². The number of aryl methyl sites for hydroxylation is 1. The number of carboxylic acids is 1. The van der Waals surface area contributed by atoms with E-state index in [4.69, 9.17) is 4.74 Å². The van der Waals surface area contributed by atoms with Crippen LogP contribution in [0.3, 0.4) is 0 Å². The van der Waals surface area contributed by atoms with Gasteiger partial charge in [-0.3, -0.25) is 5.32 Å². The number of anilines is 1. The van der Waals surface area contributed by atoms with Crippen molar-refractivity contribution in [2.45, 2.75) is 38.2 Å². The molecule has 6 rings (SSSR count). The van der Waals surface area contributed by atoms with Crippen molar-refractivity contribution in [1.29, 1.82) is 0 Å². The maximum absolute atomic E-state index is 13.0. The van der Waals surface area contributed by atoms with E-state index in [0.29, 0.717) is 18.5 Å². The van der Waals surface area contributed by atoms with E-state index >= 15 is 0 Å². The van der Waals surface area contributed by atoms with Gasteiger partial charge in [0.05, 0.1) is 16.5 Å². The van der Waals surface area contributed by atoms with Gasteiger partial charge < -0.3 is 14.6 Å². The van der Waals surface area contributed by atoms with E-state index in [-0.39, 0.29) is 29.6 Å². The molecular formula is C33H27N2NaO4S. The smallest absolute Gasteiger partial charge is 0.549 e. The molecule has 0 radical (unpaired) electrons. The number of nitrogens with zero attached hydrogens (tertiary/aromatic N) is 1. The van der Waals surface area contributed by atoms with Crippen LogP contribution in [0.4, 0.5) is 10.5 Å². The summed E-state index contributed by atoms with van der Waals surface area (Å²) in [6.07, 6.45) is 0.325. The summed E-state index contributed by atoms with van der Waals surface area (Å²) in [7, 11) is 0. The monoisotopic (exact) mass is 570 g/mol. The van der Waals surface area contributed by atoms with Crippen molar-refractivity contribution in [3.63, 3.8) is 0 Å². The van der Waals surface area contributed by atoms with Crippen LogP contribution in [0.15, 0.2) is 91.0 Å². The number of nitrogens with one attached hydrogen (secondary N) is 1. The van der Waals surface area contributed by atoms with Gasteiger partial charge in [-0.05, 0) is 66.6 Å². The van der Waals surface area contributed by atoms with Gasteiger partial charge in [0, 0.05) is 16.5 Å². The van der Waals surface area contributed by atoms with Gasteiger partial charge in [0.15, 0.2) is 0 Å².